The fourth-order valence-corrected chi connectivity index (χ4v) is 3.36. The van der Waals surface area contributed by atoms with Gasteiger partial charge < -0.3 is 19.4 Å². The summed E-state index contributed by atoms with van der Waals surface area (Å²) in [5, 5.41) is 8.76. The third-order valence-electron chi connectivity index (χ3n) is 4.89. The zero-order valence-electron chi connectivity index (χ0n) is 15.2. The first-order valence-corrected chi connectivity index (χ1v) is 9.31. The van der Waals surface area contributed by atoms with Gasteiger partial charge in [-0.25, -0.2) is 9.97 Å². The van der Waals surface area contributed by atoms with Crippen LogP contribution in [-0.4, -0.2) is 76.8 Å². The summed E-state index contributed by atoms with van der Waals surface area (Å²) < 4.78 is 5.34. The Balaban J connectivity index is 1.26. The quantitative estimate of drug-likeness (QED) is 0.757. The maximum absolute atomic E-state index is 12.3. The molecule has 0 N–H and O–H groups in total. The Kier molecular flexibility index (Phi) is 5.27. The van der Waals surface area contributed by atoms with Crippen molar-refractivity contribution in [2.75, 3.05) is 55.7 Å². The Labute approximate surface area is 158 Å². The number of ether oxygens (including phenoxy) is 1. The van der Waals surface area contributed by atoms with Crippen molar-refractivity contribution in [3.8, 4) is 6.01 Å². The molecule has 2 aromatic rings. The van der Waals surface area contributed by atoms with E-state index in [2.05, 4.69) is 30.0 Å². The largest absolute Gasteiger partial charge is 0.453 e. The predicted molar refractivity (Wildman–Crippen MR) is 99.8 cm³/mol. The smallest absolute Gasteiger partial charge is 0.316 e. The molecular weight excluding hydrogens is 346 g/mol. The van der Waals surface area contributed by atoms with E-state index in [1.807, 2.05) is 12.1 Å². The van der Waals surface area contributed by atoms with E-state index in [1.54, 1.807) is 23.4 Å². The second-order valence-corrected chi connectivity index (χ2v) is 6.63. The van der Waals surface area contributed by atoms with Crippen molar-refractivity contribution < 1.29 is 9.53 Å². The van der Waals surface area contributed by atoms with Crippen LogP contribution < -0.4 is 14.5 Å². The van der Waals surface area contributed by atoms with Crippen molar-refractivity contribution in [1.29, 1.82) is 0 Å². The number of piperazine rings is 1. The SMILES string of the molecule is O=C(COc1ncccn1)N1CCN(c2ccc(N3CCCC3)nn2)CC1. The summed E-state index contributed by atoms with van der Waals surface area (Å²) in [4.78, 5) is 26.4. The minimum Gasteiger partial charge on any atom is -0.453 e. The molecule has 27 heavy (non-hydrogen) atoms. The number of hydrogen-bond donors (Lipinski definition) is 0. The fourth-order valence-electron chi connectivity index (χ4n) is 3.36. The Bertz CT molecular complexity index is 742. The first kappa shape index (κ1) is 17.4. The Hall–Kier alpha value is -2.97. The van der Waals surface area contributed by atoms with Crippen molar-refractivity contribution in [2.45, 2.75) is 12.8 Å². The van der Waals surface area contributed by atoms with E-state index in [0.717, 1.165) is 37.8 Å². The van der Waals surface area contributed by atoms with Crippen molar-refractivity contribution >= 4 is 17.5 Å². The molecule has 9 heteroatoms. The molecule has 2 aliphatic rings. The average molecular weight is 369 g/mol. The molecule has 9 nitrogen and oxygen atoms in total. The molecule has 0 aliphatic carbocycles. The second kappa shape index (κ2) is 8.15. The molecule has 2 fully saturated rings. The first-order valence-electron chi connectivity index (χ1n) is 9.31. The fraction of sp³-hybridized carbons (Fsp3) is 0.500. The molecule has 0 spiro atoms. The summed E-state index contributed by atoms with van der Waals surface area (Å²) in [7, 11) is 0. The maximum Gasteiger partial charge on any atom is 0.316 e. The Morgan fingerprint density at radius 1 is 0.889 bits per heavy atom. The van der Waals surface area contributed by atoms with Gasteiger partial charge in [-0.15, -0.1) is 10.2 Å². The van der Waals surface area contributed by atoms with E-state index in [0.29, 0.717) is 13.1 Å². The zero-order valence-corrected chi connectivity index (χ0v) is 15.2. The van der Waals surface area contributed by atoms with Crippen LogP contribution in [0.2, 0.25) is 0 Å². The molecule has 142 valence electrons. The Morgan fingerprint density at radius 3 is 2.07 bits per heavy atom. The highest BCUT2D eigenvalue weighted by Gasteiger charge is 2.23. The molecule has 0 saturated carbocycles. The van der Waals surface area contributed by atoms with E-state index < -0.39 is 0 Å². The molecule has 4 rings (SSSR count). The van der Waals surface area contributed by atoms with E-state index in [-0.39, 0.29) is 18.5 Å². The van der Waals surface area contributed by atoms with Gasteiger partial charge in [0.25, 0.3) is 5.91 Å². The summed E-state index contributed by atoms with van der Waals surface area (Å²) in [6, 6.07) is 5.99. The number of amides is 1. The standard InChI is InChI=1S/C18H23N7O2/c26-17(14-27-18-19-6-3-7-20-18)25-12-10-24(11-13-25)16-5-4-15(21-22-16)23-8-1-2-9-23/h3-7H,1-2,8-14H2. The monoisotopic (exact) mass is 369 g/mol. The lowest BCUT2D eigenvalue weighted by molar-refractivity contribution is -0.133. The first-order chi connectivity index (χ1) is 13.3. The summed E-state index contributed by atoms with van der Waals surface area (Å²) in [6.45, 7) is 4.79. The maximum atomic E-state index is 12.3. The second-order valence-electron chi connectivity index (χ2n) is 6.63. The topological polar surface area (TPSA) is 87.6 Å². The molecule has 0 aromatic carbocycles. The summed E-state index contributed by atoms with van der Waals surface area (Å²) in [5.41, 5.74) is 0. The van der Waals surface area contributed by atoms with Crippen LogP contribution in [0.25, 0.3) is 0 Å². The molecule has 1 amide bonds. The van der Waals surface area contributed by atoms with Crippen LogP contribution in [0.1, 0.15) is 12.8 Å². The molecule has 2 aromatic heterocycles. The summed E-state index contributed by atoms with van der Waals surface area (Å²) >= 11 is 0. The minimum atomic E-state index is -0.0578. The molecule has 4 heterocycles. The highest BCUT2D eigenvalue weighted by atomic mass is 16.5. The van der Waals surface area contributed by atoms with Crippen molar-refractivity contribution in [3.05, 3.63) is 30.6 Å². The van der Waals surface area contributed by atoms with Gasteiger partial charge in [0.05, 0.1) is 0 Å². The van der Waals surface area contributed by atoms with Gasteiger partial charge in [0, 0.05) is 51.7 Å². The molecule has 0 bridgehead atoms. The van der Waals surface area contributed by atoms with Gasteiger partial charge in [-0.05, 0) is 31.0 Å². The van der Waals surface area contributed by atoms with Crippen LogP contribution in [-0.2, 0) is 4.79 Å². The van der Waals surface area contributed by atoms with E-state index >= 15 is 0 Å². The lowest BCUT2D eigenvalue weighted by Gasteiger charge is -2.35. The van der Waals surface area contributed by atoms with Crippen molar-refractivity contribution in [1.82, 2.24) is 25.1 Å². The normalized spacial score (nSPS) is 17.3. The molecule has 0 unspecified atom stereocenters. The highest BCUT2D eigenvalue weighted by Crippen LogP contribution is 2.20. The minimum absolute atomic E-state index is 0.0473. The van der Waals surface area contributed by atoms with Gasteiger partial charge in [-0.3, -0.25) is 4.79 Å². The third-order valence-corrected chi connectivity index (χ3v) is 4.89. The average Bonchev–Trinajstić information content (AvgIpc) is 3.28. The van der Waals surface area contributed by atoms with Crippen LogP contribution in [0.4, 0.5) is 11.6 Å². The summed E-state index contributed by atoms with van der Waals surface area (Å²) in [6.07, 6.45) is 5.61. The van der Waals surface area contributed by atoms with Gasteiger partial charge in [-0.1, -0.05) is 0 Å². The van der Waals surface area contributed by atoms with Crippen LogP contribution in [0.5, 0.6) is 6.01 Å². The molecule has 0 radical (unpaired) electrons. The Morgan fingerprint density at radius 2 is 1.48 bits per heavy atom. The van der Waals surface area contributed by atoms with Gasteiger partial charge in [0.15, 0.2) is 18.2 Å². The van der Waals surface area contributed by atoms with Gasteiger partial charge >= 0.3 is 6.01 Å². The van der Waals surface area contributed by atoms with Crippen LogP contribution in [0.3, 0.4) is 0 Å². The number of rotatable bonds is 5. The van der Waals surface area contributed by atoms with Gasteiger partial charge in [0.1, 0.15) is 0 Å². The van der Waals surface area contributed by atoms with Crippen LogP contribution in [0, 0.1) is 0 Å². The lowest BCUT2D eigenvalue weighted by Crippen LogP contribution is -2.50. The molecule has 2 saturated heterocycles. The van der Waals surface area contributed by atoms with Gasteiger partial charge in [0.2, 0.25) is 0 Å². The van der Waals surface area contributed by atoms with Gasteiger partial charge in [-0.2, -0.15) is 0 Å². The summed E-state index contributed by atoms with van der Waals surface area (Å²) in [5.74, 6) is 1.75. The van der Waals surface area contributed by atoms with E-state index in [9.17, 15) is 4.79 Å². The highest BCUT2D eigenvalue weighted by molar-refractivity contribution is 5.78. The van der Waals surface area contributed by atoms with E-state index in [4.69, 9.17) is 4.74 Å². The lowest BCUT2D eigenvalue weighted by atomic mass is 10.3. The zero-order chi connectivity index (χ0) is 18.5. The number of carbonyl (C=O) groups is 1. The number of anilines is 2. The number of nitrogens with zero attached hydrogens (tertiary/aromatic N) is 7. The van der Waals surface area contributed by atoms with E-state index in [1.165, 1.54) is 12.8 Å². The molecule has 0 atom stereocenters. The predicted octanol–water partition coefficient (Wildman–Crippen LogP) is 0.594. The third kappa shape index (κ3) is 4.24. The molecular formula is C18H23N7O2. The van der Waals surface area contributed by atoms with Crippen molar-refractivity contribution in [2.24, 2.45) is 0 Å². The number of hydrogen-bond acceptors (Lipinski definition) is 8. The number of aromatic nitrogens is 4. The number of carbonyl (C=O) groups excluding carboxylic acids is 1. The molecule has 2 aliphatic heterocycles. The van der Waals surface area contributed by atoms with Crippen LogP contribution >= 0.6 is 0 Å². The van der Waals surface area contributed by atoms with Crippen molar-refractivity contribution in [3.63, 3.8) is 0 Å². The van der Waals surface area contributed by atoms with Crippen LogP contribution in [0.15, 0.2) is 30.6 Å².